The number of carbonyl (C=O) groups is 8. The molecule has 4 aromatic carbocycles. The number of benzene rings is 4. The Kier molecular flexibility index (Phi) is 24.7. The van der Waals surface area contributed by atoms with Crippen molar-refractivity contribution in [3.8, 4) is 23.7 Å². The Bertz CT molecular complexity index is 2830. The van der Waals surface area contributed by atoms with E-state index in [1.165, 1.54) is 0 Å². The first-order chi connectivity index (χ1) is 42.8. The molecule has 0 spiro atoms. The van der Waals surface area contributed by atoms with Crippen molar-refractivity contribution >= 4 is 47.3 Å². The van der Waals surface area contributed by atoms with Crippen LogP contribution in [0, 0.1) is 35.5 Å². The molecule has 0 aromatic heterocycles. The Morgan fingerprint density at radius 2 is 0.739 bits per heavy atom. The molecule has 4 fully saturated rings. The number of amides is 8. The number of carbonyl (C=O) groups excluding carboxylic acids is 8. The molecule has 8 N–H and O–H groups in total. The molecule has 8 rings (SSSR count). The lowest BCUT2D eigenvalue weighted by atomic mass is 9.83. The van der Waals surface area contributed by atoms with Gasteiger partial charge < -0.3 is 52.3 Å². The summed E-state index contributed by atoms with van der Waals surface area (Å²) in [5, 5.41) is 24.0. The number of rotatable bonds is 24. The van der Waals surface area contributed by atoms with Crippen LogP contribution in [0.15, 0.2) is 121 Å². The summed E-state index contributed by atoms with van der Waals surface area (Å²) in [4.78, 5) is 118. The van der Waals surface area contributed by atoms with Gasteiger partial charge in [-0.15, -0.1) is 0 Å². The average Bonchev–Trinajstić information content (AvgIpc) is 4.40. The standard InChI is InChI=1S/C70H88N10O8/c1-47(71-3)63(81)75-59(53-37-21-11-22-38-53)69(87)79-45-27-41-55(79)65(83)77-61(57(49-29-13-7-14-30-49)50-31-15-8-16-32-50)67(85)73-43-25-5-6-26-44-74-68(86)62(58(51-33-17-9-18-34-51)52-35-19-10-20-36-52)78-66(84)56-42-28-46-80(56)70(88)60(54-39-23-12-24-40-54)76-64(82)48(2)72-4/h7-10,13-20,29-36,47-48,53-62,71-72H,11-12,21-24,27-28,37-46H2,1-4H3,(H,73,85)(H,74,86)(H,75,81)(H,76,82)(H,77,83)(H,78,84)/t47-,48-,55-,56-,59-,60-,61-,62-/m0/s1. The van der Waals surface area contributed by atoms with Crippen molar-refractivity contribution in [1.82, 2.24) is 52.3 Å². The third-order valence-corrected chi connectivity index (χ3v) is 18.1. The van der Waals surface area contributed by atoms with Crippen molar-refractivity contribution in [2.45, 2.75) is 164 Å². The zero-order chi connectivity index (χ0) is 62.4. The van der Waals surface area contributed by atoms with Gasteiger partial charge in [-0.1, -0.05) is 172 Å². The van der Waals surface area contributed by atoms with E-state index in [0.717, 1.165) is 86.5 Å². The molecule has 0 radical (unpaired) electrons. The second-order valence-corrected chi connectivity index (χ2v) is 23.8. The number of nitrogens with zero attached hydrogens (tertiary/aromatic N) is 2. The third-order valence-electron chi connectivity index (χ3n) is 18.1. The summed E-state index contributed by atoms with van der Waals surface area (Å²) in [5.74, 6) is 6.78. The highest BCUT2D eigenvalue weighted by molar-refractivity contribution is 5.97. The number of hydrogen-bond acceptors (Lipinski definition) is 10. The molecule has 4 aromatic rings. The van der Waals surface area contributed by atoms with E-state index in [-0.39, 0.29) is 48.6 Å². The first-order valence-corrected chi connectivity index (χ1v) is 31.7. The van der Waals surface area contributed by atoms with Crippen LogP contribution in [-0.2, 0) is 38.4 Å². The van der Waals surface area contributed by atoms with Crippen molar-refractivity contribution in [2.24, 2.45) is 11.8 Å². The van der Waals surface area contributed by atoms with Crippen LogP contribution >= 0.6 is 0 Å². The van der Waals surface area contributed by atoms with Crippen LogP contribution in [-0.4, -0.2) is 146 Å². The Labute approximate surface area is 519 Å². The quantitative estimate of drug-likeness (QED) is 0.0428. The third kappa shape index (κ3) is 17.3. The molecular formula is C70H88N10O8. The fourth-order valence-electron chi connectivity index (χ4n) is 13.0. The van der Waals surface area contributed by atoms with Gasteiger partial charge in [0.15, 0.2) is 0 Å². The summed E-state index contributed by atoms with van der Waals surface area (Å²) in [7, 11) is 3.38. The molecule has 4 aliphatic rings. The van der Waals surface area contributed by atoms with Gasteiger partial charge in [0, 0.05) is 24.9 Å². The topological polar surface area (TPSA) is 239 Å². The molecule has 88 heavy (non-hydrogen) atoms. The molecule has 2 saturated heterocycles. The van der Waals surface area contributed by atoms with Crippen molar-refractivity contribution in [1.29, 1.82) is 0 Å². The van der Waals surface area contributed by atoms with Crippen molar-refractivity contribution < 1.29 is 38.4 Å². The van der Waals surface area contributed by atoms with Gasteiger partial charge in [-0.05, 0) is 125 Å². The van der Waals surface area contributed by atoms with Gasteiger partial charge in [-0.2, -0.15) is 0 Å². The van der Waals surface area contributed by atoms with E-state index >= 15 is 0 Å². The number of likely N-dealkylation sites (N-methyl/N-ethyl adjacent to an activating group) is 2. The zero-order valence-corrected chi connectivity index (χ0v) is 51.4. The molecule has 8 atom stereocenters. The van der Waals surface area contributed by atoms with Gasteiger partial charge in [0.05, 0.1) is 25.2 Å². The Morgan fingerprint density at radius 1 is 0.420 bits per heavy atom. The molecule has 2 aliphatic carbocycles. The minimum Gasteiger partial charge on any atom is -0.343 e. The first-order valence-electron chi connectivity index (χ1n) is 31.7. The summed E-state index contributed by atoms with van der Waals surface area (Å²) < 4.78 is 0. The van der Waals surface area contributed by atoms with Crippen LogP contribution in [0.5, 0.6) is 0 Å². The van der Waals surface area contributed by atoms with Crippen LogP contribution in [0.1, 0.15) is 138 Å². The lowest BCUT2D eigenvalue weighted by Crippen LogP contribution is -2.59. The maximum absolute atomic E-state index is 14.7. The number of likely N-dealkylation sites (tertiary alicyclic amines) is 2. The average molecular weight is 1200 g/mol. The number of hydrogen-bond donors (Lipinski definition) is 8. The highest BCUT2D eigenvalue weighted by Crippen LogP contribution is 2.34. The van der Waals surface area contributed by atoms with Crippen LogP contribution in [0.4, 0.5) is 0 Å². The van der Waals surface area contributed by atoms with Gasteiger partial charge in [0.1, 0.15) is 36.3 Å². The number of nitrogens with one attached hydrogen (secondary N) is 8. The van der Waals surface area contributed by atoms with Gasteiger partial charge in [-0.25, -0.2) is 0 Å². The largest absolute Gasteiger partial charge is 0.343 e. The molecule has 2 heterocycles. The predicted molar refractivity (Wildman–Crippen MR) is 338 cm³/mol. The molecular weight excluding hydrogens is 1110 g/mol. The van der Waals surface area contributed by atoms with Gasteiger partial charge in [-0.3, -0.25) is 38.4 Å². The smallest absolute Gasteiger partial charge is 0.246 e. The molecule has 2 aliphatic heterocycles. The summed E-state index contributed by atoms with van der Waals surface area (Å²) in [6, 6.07) is 31.1. The van der Waals surface area contributed by atoms with Crippen LogP contribution < -0.4 is 42.5 Å². The normalized spacial score (nSPS) is 19.0. The fraction of sp³-hybridized carbons (Fsp3) is 0.486. The lowest BCUT2D eigenvalue weighted by molar-refractivity contribution is -0.143. The minimum atomic E-state index is -1.15. The summed E-state index contributed by atoms with van der Waals surface area (Å²) >= 11 is 0. The van der Waals surface area contributed by atoms with E-state index < -0.39 is 83.8 Å². The molecule has 8 amide bonds. The predicted octanol–water partition coefficient (Wildman–Crippen LogP) is 5.19. The van der Waals surface area contributed by atoms with Crippen LogP contribution in [0.3, 0.4) is 0 Å². The molecule has 18 heteroatoms. The maximum atomic E-state index is 14.7. The molecule has 0 bridgehead atoms. The van der Waals surface area contributed by atoms with Gasteiger partial charge >= 0.3 is 0 Å². The second-order valence-electron chi connectivity index (χ2n) is 23.8. The minimum absolute atomic E-state index is 0.0681. The SMILES string of the molecule is CN[C@@H](C)C(=O)N[C@H](C(=O)N1CCC[C@H]1C(=O)N[C@H](C(=O)NCC#CC#CCNC(=O)[C@@H](NC(=O)[C@@H]1CCCN1C(=O)[C@@H](NC(=O)[C@H](C)NC)C1CCCCC1)C(c1ccccc1)c1ccccc1)C(c1ccccc1)c1ccccc1)C1CCCCC1. The Balaban J connectivity index is 0.975. The monoisotopic (exact) mass is 1200 g/mol. The second kappa shape index (κ2) is 33.1. The molecule has 466 valence electrons. The van der Waals surface area contributed by atoms with Crippen molar-refractivity contribution in [3.05, 3.63) is 144 Å². The summed E-state index contributed by atoms with van der Waals surface area (Å²) in [6.45, 7) is 3.86. The van der Waals surface area contributed by atoms with E-state index in [1.807, 2.05) is 121 Å². The highest BCUT2D eigenvalue weighted by atomic mass is 16.2. The van der Waals surface area contributed by atoms with Gasteiger partial charge in [0.25, 0.3) is 0 Å². The fourth-order valence-corrected chi connectivity index (χ4v) is 13.0. The lowest BCUT2D eigenvalue weighted by Gasteiger charge is -2.36. The van der Waals surface area contributed by atoms with Crippen molar-refractivity contribution in [3.63, 3.8) is 0 Å². The van der Waals surface area contributed by atoms with E-state index in [2.05, 4.69) is 66.2 Å². The van der Waals surface area contributed by atoms with E-state index in [0.29, 0.717) is 38.8 Å². The zero-order valence-electron chi connectivity index (χ0n) is 51.4. The summed E-state index contributed by atoms with van der Waals surface area (Å²) in [5.41, 5.74) is 3.12. The van der Waals surface area contributed by atoms with Crippen molar-refractivity contribution in [2.75, 3.05) is 40.3 Å². The van der Waals surface area contributed by atoms with E-state index in [9.17, 15) is 38.4 Å². The Morgan fingerprint density at radius 3 is 1.05 bits per heavy atom. The van der Waals surface area contributed by atoms with Gasteiger partial charge in [0.2, 0.25) is 47.3 Å². The molecule has 18 nitrogen and oxygen atoms in total. The Hall–Kier alpha value is -8.32. The molecule has 2 saturated carbocycles. The van der Waals surface area contributed by atoms with E-state index in [4.69, 9.17) is 0 Å². The van der Waals surface area contributed by atoms with Crippen LogP contribution in [0.2, 0.25) is 0 Å². The van der Waals surface area contributed by atoms with Crippen LogP contribution in [0.25, 0.3) is 0 Å². The maximum Gasteiger partial charge on any atom is 0.246 e. The highest BCUT2D eigenvalue weighted by Gasteiger charge is 2.45. The molecule has 0 unspecified atom stereocenters. The first kappa shape index (κ1) is 65.7. The summed E-state index contributed by atoms with van der Waals surface area (Å²) in [6.07, 6.45) is 11.0. The van der Waals surface area contributed by atoms with E-state index in [1.54, 1.807) is 37.7 Å².